The summed E-state index contributed by atoms with van der Waals surface area (Å²) in [5.74, 6) is 0.818. The Kier molecular flexibility index (Phi) is 3.25. The molecule has 0 spiro atoms. The zero-order chi connectivity index (χ0) is 8.97. The second-order valence-electron chi connectivity index (χ2n) is 3.02. The summed E-state index contributed by atoms with van der Waals surface area (Å²) in [6.45, 7) is 3.09. The van der Waals surface area contributed by atoms with E-state index in [2.05, 4.69) is 5.16 Å². The number of hydrogen-bond acceptors (Lipinski definition) is 4. The fraction of sp³-hybridized carbons (Fsp3) is 0.625. The van der Waals surface area contributed by atoms with E-state index in [1.807, 2.05) is 18.0 Å². The van der Waals surface area contributed by atoms with E-state index in [9.17, 15) is 0 Å². The Morgan fingerprint density at radius 3 is 3.00 bits per heavy atom. The minimum Gasteiger partial charge on any atom is -0.392 e. The molecule has 0 radical (unpaired) electrons. The Labute approximate surface area is 71.8 Å². The third-order valence-corrected chi connectivity index (χ3v) is 1.49. The summed E-state index contributed by atoms with van der Waals surface area (Å²) < 4.78 is 4.91. The average Bonchev–Trinajstić information content (AvgIpc) is 2.37. The van der Waals surface area contributed by atoms with Crippen LogP contribution >= 0.6 is 0 Å². The molecule has 68 valence electrons. The molecule has 1 unspecified atom stereocenters. The summed E-state index contributed by atoms with van der Waals surface area (Å²) >= 11 is 0. The summed E-state index contributed by atoms with van der Waals surface area (Å²) in [6, 6.07) is 1.82. The number of likely N-dealkylation sites (N-methyl/N-ethyl adjacent to an activating group) is 1. The van der Waals surface area contributed by atoms with E-state index in [-0.39, 0.29) is 6.10 Å². The fourth-order valence-corrected chi connectivity index (χ4v) is 1.11. The first-order valence-corrected chi connectivity index (χ1v) is 3.94. The Morgan fingerprint density at radius 2 is 2.50 bits per heavy atom. The van der Waals surface area contributed by atoms with Crippen LogP contribution in [0.5, 0.6) is 0 Å². The lowest BCUT2D eigenvalue weighted by Crippen LogP contribution is -2.26. The number of nitrogens with zero attached hydrogens (tertiary/aromatic N) is 2. The van der Waals surface area contributed by atoms with Crippen molar-refractivity contribution in [3.05, 3.63) is 18.0 Å². The molecule has 1 heterocycles. The minimum atomic E-state index is -0.307. The second kappa shape index (κ2) is 4.23. The van der Waals surface area contributed by atoms with Crippen molar-refractivity contribution in [2.75, 3.05) is 13.6 Å². The number of aliphatic hydroxyl groups is 1. The average molecular weight is 170 g/mol. The highest BCUT2D eigenvalue weighted by Gasteiger charge is 2.05. The molecule has 0 bridgehead atoms. The van der Waals surface area contributed by atoms with Gasteiger partial charge in [-0.2, -0.15) is 0 Å². The molecule has 4 heteroatoms. The molecule has 0 aliphatic heterocycles. The highest BCUT2D eigenvalue weighted by atomic mass is 16.5. The van der Waals surface area contributed by atoms with Crippen LogP contribution in [0.4, 0.5) is 0 Å². The lowest BCUT2D eigenvalue weighted by atomic mass is 10.3. The standard InChI is InChI=1S/C8H14N2O2/c1-7(11)5-10(2)6-8-3-4-9-12-8/h3-4,7,11H,5-6H2,1-2H3. The number of hydrogen-bond donors (Lipinski definition) is 1. The van der Waals surface area contributed by atoms with Crippen LogP contribution in [-0.2, 0) is 6.54 Å². The summed E-state index contributed by atoms with van der Waals surface area (Å²) in [6.07, 6.45) is 1.31. The molecule has 0 saturated carbocycles. The van der Waals surface area contributed by atoms with Gasteiger partial charge in [0.15, 0.2) is 5.76 Å². The van der Waals surface area contributed by atoms with Crippen molar-refractivity contribution in [3.8, 4) is 0 Å². The van der Waals surface area contributed by atoms with E-state index in [4.69, 9.17) is 9.63 Å². The molecule has 1 rings (SSSR count). The van der Waals surface area contributed by atoms with E-state index < -0.39 is 0 Å². The van der Waals surface area contributed by atoms with Gasteiger partial charge in [-0.1, -0.05) is 5.16 Å². The second-order valence-corrected chi connectivity index (χ2v) is 3.02. The Hall–Kier alpha value is -0.870. The van der Waals surface area contributed by atoms with Crippen molar-refractivity contribution in [2.45, 2.75) is 19.6 Å². The summed E-state index contributed by atoms with van der Waals surface area (Å²) in [5.41, 5.74) is 0. The normalized spacial score (nSPS) is 13.7. The lowest BCUT2D eigenvalue weighted by molar-refractivity contribution is 0.132. The van der Waals surface area contributed by atoms with Gasteiger partial charge in [-0.15, -0.1) is 0 Å². The number of rotatable bonds is 4. The molecular formula is C8H14N2O2. The van der Waals surface area contributed by atoms with E-state index in [0.717, 1.165) is 5.76 Å². The maximum Gasteiger partial charge on any atom is 0.150 e. The Bertz CT molecular complexity index is 209. The monoisotopic (exact) mass is 170 g/mol. The molecule has 12 heavy (non-hydrogen) atoms. The Morgan fingerprint density at radius 1 is 1.75 bits per heavy atom. The Balaban J connectivity index is 2.32. The topological polar surface area (TPSA) is 49.5 Å². The van der Waals surface area contributed by atoms with Crippen LogP contribution in [-0.4, -0.2) is 34.9 Å². The smallest absolute Gasteiger partial charge is 0.150 e. The first kappa shape index (κ1) is 9.22. The van der Waals surface area contributed by atoms with Gasteiger partial charge in [0.1, 0.15) is 0 Å². The molecule has 0 aliphatic rings. The zero-order valence-electron chi connectivity index (χ0n) is 7.40. The van der Waals surface area contributed by atoms with Crippen LogP contribution < -0.4 is 0 Å². The van der Waals surface area contributed by atoms with Crippen LogP contribution in [0.2, 0.25) is 0 Å². The van der Waals surface area contributed by atoms with E-state index >= 15 is 0 Å². The third-order valence-electron chi connectivity index (χ3n) is 1.49. The summed E-state index contributed by atoms with van der Waals surface area (Å²) in [5, 5.41) is 12.7. The van der Waals surface area contributed by atoms with E-state index in [1.54, 1.807) is 13.1 Å². The maximum absolute atomic E-state index is 9.06. The number of aliphatic hydroxyl groups excluding tert-OH is 1. The minimum absolute atomic E-state index is 0.307. The third kappa shape index (κ3) is 3.02. The molecule has 0 fully saturated rings. The largest absolute Gasteiger partial charge is 0.392 e. The number of aromatic nitrogens is 1. The molecule has 1 aromatic heterocycles. The molecule has 0 aromatic carbocycles. The van der Waals surface area contributed by atoms with Crippen molar-refractivity contribution in [3.63, 3.8) is 0 Å². The van der Waals surface area contributed by atoms with Crippen LogP contribution in [0.1, 0.15) is 12.7 Å². The fourth-order valence-electron chi connectivity index (χ4n) is 1.11. The van der Waals surface area contributed by atoms with E-state index in [0.29, 0.717) is 13.1 Å². The predicted molar refractivity (Wildman–Crippen MR) is 44.5 cm³/mol. The molecule has 1 aromatic rings. The SMILES string of the molecule is CC(O)CN(C)Cc1ccno1. The maximum atomic E-state index is 9.06. The van der Waals surface area contributed by atoms with Crippen LogP contribution in [0.15, 0.2) is 16.8 Å². The van der Waals surface area contributed by atoms with Crippen molar-refractivity contribution >= 4 is 0 Å². The summed E-state index contributed by atoms with van der Waals surface area (Å²) in [7, 11) is 1.93. The van der Waals surface area contributed by atoms with Crippen molar-refractivity contribution in [2.24, 2.45) is 0 Å². The molecule has 1 atom stereocenters. The van der Waals surface area contributed by atoms with Gasteiger partial charge in [0, 0.05) is 12.6 Å². The van der Waals surface area contributed by atoms with Crippen LogP contribution in [0.25, 0.3) is 0 Å². The van der Waals surface area contributed by atoms with Gasteiger partial charge < -0.3 is 9.63 Å². The molecule has 1 N–H and O–H groups in total. The first-order chi connectivity index (χ1) is 5.68. The van der Waals surface area contributed by atoms with Gasteiger partial charge in [0.25, 0.3) is 0 Å². The molecule has 0 aliphatic carbocycles. The van der Waals surface area contributed by atoms with Crippen molar-refractivity contribution in [1.82, 2.24) is 10.1 Å². The zero-order valence-corrected chi connectivity index (χ0v) is 7.40. The van der Waals surface area contributed by atoms with Gasteiger partial charge >= 0.3 is 0 Å². The molecule has 0 saturated heterocycles. The van der Waals surface area contributed by atoms with Gasteiger partial charge in [-0.05, 0) is 14.0 Å². The van der Waals surface area contributed by atoms with Gasteiger partial charge in [0.2, 0.25) is 0 Å². The highest BCUT2D eigenvalue weighted by Crippen LogP contribution is 2.01. The molecule has 4 nitrogen and oxygen atoms in total. The van der Waals surface area contributed by atoms with Gasteiger partial charge in [-0.25, -0.2) is 0 Å². The predicted octanol–water partition coefficient (Wildman–Crippen LogP) is 0.487. The van der Waals surface area contributed by atoms with Crippen LogP contribution in [0, 0.1) is 0 Å². The van der Waals surface area contributed by atoms with Gasteiger partial charge in [-0.3, -0.25) is 4.90 Å². The van der Waals surface area contributed by atoms with Crippen LogP contribution in [0.3, 0.4) is 0 Å². The molecule has 0 amide bonds. The lowest BCUT2D eigenvalue weighted by Gasteiger charge is -2.15. The quantitative estimate of drug-likeness (QED) is 0.714. The van der Waals surface area contributed by atoms with Crippen molar-refractivity contribution in [1.29, 1.82) is 0 Å². The highest BCUT2D eigenvalue weighted by molar-refractivity contribution is 4.92. The van der Waals surface area contributed by atoms with Gasteiger partial charge in [0.05, 0.1) is 18.8 Å². The van der Waals surface area contributed by atoms with E-state index in [1.165, 1.54) is 0 Å². The summed E-state index contributed by atoms with van der Waals surface area (Å²) in [4.78, 5) is 1.98. The van der Waals surface area contributed by atoms with Crippen molar-refractivity contribution < 1.29 is 9.63 Å². The molecular weight excluding hydrogens is 156 g/mol. The first-order valence-electron chi connectivity index (χ1n) is 3.94.